The number of carbonyl (C=O) groups excluding carboxylic acids is 2. The van der Waals surface area contributed by atoms with Gasteiger partial charge in [-0.1, -0.05) is 11.6 Å². The lowest BCUT2D eigenvalue weighted by Crippen LogP contribution is -2.59. The highest BCUT2D eigenvalue weighted by atomic mass is 16.7. The second-order valence-corrected chi connectivity index (χ2v) is 8.68. The summed E-state index contributed by atoms with van der Waals surface area (Å²) < 4.78 is 21.2. The monoisotopic (exact) mass is 506 g/mol. The summed E-state index contributed by atoms with van der Waals surface area (Å²) in [6.07, 6.45) is -1.57. The van der Waals surface area contributed by atoms with Crippen molar-refractivity contribution in [3.63, 3.8) is 0 Å². The van der Waals surface area contributed by atoms with Gasteiger partial charge >= 0.3 is 11.9 Å². The number of carbonyl (C=O) groups is 2. The molecule has 0 bridgehead atoms. The molecule has 11 nitrogen and oxygen atoms in total. The van der Waals surface area contributed by atoms with Gasteiger partial charge in [0.25, 0.3) is 0 Å². The molecule has 5 N–H and O–H groups in total. The third-order valence-electron chi connectivity index (χ3n) is 5.52. The summed E-state index contributed by atoms with van der Waals surface area (Å²) in [7, 11) is 0. The summed E-state index contributed by atoms with van der Waals surface area (Å²) >= 11 is 0. The van der Waals surface area contributed by atoms with E-state index in [2.05, 4.69) is 0 Å². The molecule has 2 aliphatic heterocycles. The summed E-state index contributed by atoms with van der Waals surface area (Å²) in [6.45, 7) is 3.20. The van der Waals surface area contributed by atoms with E-state index in [4.69, 9.17) is 18.9 Å². The van der Waals surface area contributed by atoms with E-state index in [1.165, 1.54) is 30.4 Å². The zero-order valence-electron chi connectivity index (χ0n) is 19.8. The van der Waals surface area contributed by atoms with Crippen molar-refractivity contribution in [1.82, 2.24) is 0 Å². The molecule has 0 amide bonds. The molecule has 0 aromatic heterocycles. The summed E-state index contributed by atoms with van der Waals surface area (Å²) in [5, 5.41) is 49.4. The van der Waals surface area contributed by atoms with Gasteiger partial charge in [-0.05, 0) is 49.8 Å². The number of cyclic esters (lactones) is 1. The van der Waals surface area contributed by atoms with Crippen LogP contribution in [0.25, 0.3) is 6.08 Å². The van der Waals surface area contributed by atoms with E-state index in [1.54, 1.807) is 0 Å². The average molecular weight is 507 g/mol. The molecule has 36 heavy (non-hydrogen) atoms. The number of hydrogen-bond donors (Lipinski definition) is 5. The third kappa shape index (κ3) is 7.15. The molecule has 2 aliphatic rings. The number of phenols is 2. The van der Waals surface area contributed by atoms with E-state index < -0.39 is 49.3 Å². The number of benzene rings is 1. The molecule has 6 atom stereocenters. The van der Waals surface area contributed by atoms with Gasteiger partial charge in [-0.2, -0.15) is 0 Å². The minimum Gasteiger partial charge on any atom is -0.504 e. The molecule has 0 saturated carbocycles. The van der Waals surface area contributed by atoms with Crippen molar-refractivity contribution in [2.24, 2.45) is 0 Å². The first-order valence-electron chi connectivity index (χ1n) is 11.3. The number of aliphatic hydroxyl groups is 3. The van der Waals surface area contributed by atoms with Crippen LogP contribution >= 0.6 is 0 Å². The fourth-order valence-electron chi connectivity index (χ4n) is 3.64. The molecule has 3 rings (SSSR count). The molecular weight excluding hydrogens is 476 g/mol. The second kappa shape index (κ2) is 12.2. The minimum absolute atomic E-state index is 0.134. The molecule has 0 radical (unpaired) electrons. The molecule has 0 aliphatic carbocycles. The minimum atomic E-state index is -1.63. The zero-order chi connectivity index (χ0) is 26.4. The Bertz CT molecular complexity index is 1040. The third-order valence-corrected chi connectivity index (χ3v) is 5.52. The number of phenolic OH excluding ortho intramolecular Hbond substituents is 2. The van der Waals surface area contributed by atoms with E-state index in [-0.39, 0.29) is 24.2 Å². The maximum absolute atomic E-state index is 12.0. The molecule has 2 saturated heterocycles. The molecule has 1 aromatic carbocycles. The van der Waals surface area contributed by atoms with Crippen LogP contribution in [0.5, 0.6) is 11.5 Å². The Morgan fingerprint density at radius 1 is 1.11 bits per heavy atom. The van der Waals surface area contributed by atoms with E-state index in [0.717, 1.165) is 11.6 Å². The van der Waals surface area contributed by atoms with Crippen LogP contribution in [-0.2, 0) is 28.5 Å². The van der Waals surface area contributed by atoms with E-state index >= 15 is 0 Å². The fourth-order valence-corrected chi connectivity index (χ4v) is 3.64. The number of rotatable bonds is 8. The summed E-state index contributed by atoms with van der Waals surface area (Å²) in [4.78, 5) is 24.0. The van der Waals surface area contributed by atoms with Gasteiger partial charge in [-0.25, -0.2) is 9.59 Å². The van der Waals surface area contributed by atoms with Crippen LogP contribution in [-0.4, -0.2) is 87.5 Å². The van der Waals surface area contributed by atoms with Crippen LogP contribution in [0.4, 0.5) is 0 Å². The number of allylic oxidation sites excluding steroid dienone is 1. The highest BCUT2D eigenvalue weighted by molar-refractivity contribution is 5.91. The normalized spacial score (nSPS) is 29.4. The Labute approximate surface area is 207 Å². The number of esters is 2. The van der Waals surface area contributed by atoms with Gasteiger partial charge in [0.2, 0.25) is 0 Å². The van der Waals surface area contributed by atoms with Gasteiger partial charge in [-0.3, -0.25) is 0 Å². The molecular formula is C25H30O11. The summed E-state index contributed by atoms with van der Waals surface area (Å²) in [5.74, 6) is -1.92. The first-order chi connectivity index (χ1) is 17.0. The highest BCUT2D eigenvalue weighted by Crippen LogP contribution is 2.26. The van der Waals surface area contributed by atoms with Crippen molar-refractivity contribution in [3.8, 4) is 11.5 Å². The average Bonchev–Trinajstić information content (AvgIpc) is 3.16. The van der Waals surface area contributed by atoms with Crippen LogP contribution in [0.2, 0.25) is 0 Å². The van der Waals surface area contributed by atoms with Gasteiger partial charge in [0.1, 0.15) is 37.1 Å². The molecule has 0 unspecified atom stereocenters. The highest BCUT2D eigenvalue weighted by Gasteiger charge is 2.44. The Morgan fingerprint density at radius 3 is 2.56 bits per heavy atom. The number of aromatic hydroxyl groups is 2. The van der Waals surface area contributed by atoms with E-state index in [0.29, 0.717) is 17.6 Å². The number of ether oxygens (including phenoxy) is 4. The first kappa shape index (κ1) is 27.4. The predicted molar refractivity (Wildman–Crippen MR) is 124 cm³/mol. The summed E-state index contributed by atoms with van der Waals surface area (Å²) in [6, 6.07) is 3.97. The van der Waals surface area contributed by atoms with Crippen LogP contribution < -0.4 is 0 Å². The van der Waals surface area contributed by atoms with Crippen molar-refractivity contribution >= 4 is 18.0 Å². The quantitative estimate of drug-likeness (QED) is 0.145. The van der Waals surface area contributed by atoms with Crippen LogP contribution in [0, 0.1) is 0 Å². The van der Waals surface area contributed by atoms with Crippen molar-refractivity contribution in [3.05, 3.63) is 53.1 Å². The van der Waals surface area contributed by atoms with Crippen LogP contribution in [0.1, 0.15) is 25.8 Å². The Hall–Kier alpha value is -3.22. The Balaban J connectivity index is 1.53. The SMILES string of the molecule is CC(C)=C[C@H]1CC(=CCO[C@H]2O[C@@H](COC(=O)C=Cc3ccc(O)c(O)c3)[C@H](O)[C@@H](O)[C@@H]2O)C(=O)O1. The van der Waals surface area contributed by atoms with Crippen molar-refractivity contribution < 1.29 is 54.1 Å². The molecule has 0 spiro atoms. The zero-order valence-corrected chi connectivity index (χ0v) is 19.8. The lowest BCUT2D eigenvalue weighted by atomic mass is 9.99. The predicted octanol–water partition coefficient (Wildman–Crippen LogP) is 0.686. The number of hydrogen-bond acceptors (Lipinski definition) is 11. The molecule has 2 fully saturated rings. The lowest BCUT2D eigenvalue weighted by molar-refractivity contribution is -0.299. The molecule has 1 aromatic rings. The van der Waals surface area contributed by atoms with Gasteiger partial charge in [0, 0.05) is 18.1 Å². The van der Waals surface area contributed by atoms with E-state index in [1.807, 2.05) is 19.9 Å². The largest absolute Gasteiger partial charge is 0.504 e. The van der Waals surface area contributed by atoms with Gasteiger partial charge in [0.05, 0.1) is 6.61 Å². The van der Waals surface area contributed by atoms with Crippen LogP contribution in [0.3, 0.4) is 0 Å². The smallest absolute Gasteiger partial charge is 0.334 e. The van der Waals surface area contributed by atoms with Crippen molar-refractivity contribution in [2.75, 3.05) is 13.2 Å². The Kier molecular flexibility index (Phi) is 9.24. The molecule has 11 heteroatoms. The van der Waals surface area contributed by atoms with Gasteiger partial charge in [0.15, 0.2) is 17.8 Å². The summed E-state index contributed by atoms with van der Waals surface area (Å²) in [5.41, 5.74) is 1.84. The standard InChI is InChI=1S/C25H30O11/c1-13(2)9-16-11-15(24(32)35-16)7-8-33-25-23(31)22(30)21(29)19(36-25)12-34-20(28)6-4-14-3-5-17(26)18(27)10-14/h3-7,9-10,16,19,21-23,25-27,29-31H,8,11-12H2,1-2H3/t16-,19-,21-,22+,23-,25-/m0/s1. The second-order valence-electron chi connectivity index (χ2n) is 8.68. The molecule has 2 heterocycles. The van der Waals surface area contributed by atoms with Crippen molar-refractivity contribution in [1.29, 1.82) is 0 Å². The topological polar surface area (TPSA) is 172 Å². The lowest BCUT2D eigenvalue weighted by Gasteiger charge is -2.39. The first-order valence-corrected chi connectivity index (χ1v) is 11.3. The van der Waals surface area contributed by atoms with Crippen molar-refractivity contribution in [2.45, 2.75) is 57.1 Å². The van der Waals surface area contributed by atoms with E-state index in [9.17, 15) is 35.1 Å². The maximum Gasteiger partial charge on any atom is 0.334 e. The van der Waals surface area contributed by atoms with Gasteiger partial charge in [-0.15, -0.1) is 0 Å². The maximum atomic E-state index is 12.0. The molecule has 196 valence electrons. The van der Waals surface area contributed by atoms with Gasteiger partial charge < -0.3 is 44.5 Å². The fraction of sp³-hybridized carbons (Fsp3) is 0.440. The Morgan fingerprint density at radius 2 is 1.86 bits per heavy atom. The van der Waals surface area contributed by atoms with Crippen LogP contribution in [0.15, 0.2) is 47.6 Å². The number of aliphatic hydroxyl groups excluding tert-OH is 3.